The van der Waals surface area contributed by atoms with Crippen molar-refractivity contribution >= 4 is 12.1 Å². The lowest BCUT2D eigenvalue weighted by Crippen LogP contribution is -2.39. The molecule has 0 saturated carbocycles. The number of nitrogens with zero attached hydrogens (tertiary/aromatic N) is 1. The predicted molar refractivity (Wildman–Crippen MR) is 81.4 cm³/mol. The van der Waals surface area contributed by atoms with Crippen LogP contribution in [0.5, 0.6) is 5.75 Å². The SMILES string of the molecule is COC(=O)CN(C(=O)OCC(C)C)[C@H](C)c1ccc(O)cc1. The Morgan fingerprint density at radius 3 is 2.27 bits per heavy atom. The Bertz CT molecular complexity index is 498. The molecular weight excluding hydrogens is 286 g/mol. The number of carbonyl (C=O) groups is 2. The number of carbonyl (C=O) groups excluding carboxylic acids is 2. The summed E-state index contributed by atoms with van der Waals surface area (Å²) >= 11 is 0. The summed E-state index contributed by atoms with van der Waals surface area (Å²) in [6, 6.07) is 6.06. The van der Waals surface area contributed by atoms with Gasteiger partial charge in [-0.3, -0.25) is 9.69 Å². The van der Waals surface area contributed by atoms with Crippen molar-refractivity contribution in [2.24, 2.45) is 5.92 Å². The van der Waals surface area contributed by atoms with Gasteiger partial charge in [0.25, 0.3) is 0 Å². The van der Waals surface area contributed by atoms with Crippen LogP contribution in [0.25, 0.3) is 0 Å². The Labute approximate surface area is 130 Å². The first-order valence-electron chi connectivity index (χ1n) is 7.14. The highest BCUT2D eigenvalue weighted by atomic mass is 16.6. The number of methoxy groups -OCH3 is 1. The molecule has 22 heavy (non-hydrogen) atoms. The highest BCUT2D eigenvalue weighted by Crippen LogP contribution is 2.23. The number of ether oxygens (including phenoxy) is 2. The zero-order valence-electron chi connectivity index (χ0n) is 13.4. The molecular formula is C16H23NO5. The molecule has 122 valence electrons. The van der Waals surface area contributed by atoms with Crippen LogP contribution in [-0.4, -0.2) is 42.3 Å². The minimum absolute atomic E-state index is 0.137. The van der Waals surface area contributed by atoms with Crippen molar-refractivity contribution in [3.8, 4) is 5.75 Å². The van der Waals surface area contributed by atoms with Crippen molar-refractivity contribution in [3.63, 3.8) is 0 Å². The van der Waals surface area contributed by atoms with Gasteiger partial charge in [-0.1, -0.05) is 26.0 Å². The monoisotopic (exact) mass is 309 g/mol. The first-order chi connectivity index (χ1) is 10.3. The summed E-state index contributed by atoms with van der Waals surface area (Å²) in [5.41, 5.74) is 0.781. The van der Waals surface area contributed by atoms with Crippen LogP contribution in [0, 0.1) is 5.92 Å². The third kappa shape index (κ3) is 5.27. The van der Waals surface area contributed by atoms with Crippen molar-refractivity contribution in [3.05, 3.63) is 29.8 Å². The average molecular weight is 309 g/mol. The zero-order valence-corrected chi connectivity index (χ0v) is 13.4. The Morgan fingerprint density at radius 1 is 1.18 bits per heavy atom. The van der Waals surface area contributed by atoms with Gasteiger partial charge in [0.05, 0.1) is 19.8 Å². The molecule has 0 heterocycles. The summed E-state index contributed by atoms with van der Waals surface area (Å²) in [6.07, 6.45) is -0.570. The lowest BCUT2D eigenvalue weighted by Gasteiger charge is -2.28. The van der Waals surface area contributed by atoms with Gasteiger partial charge in [-0.15, -0.1) is 0 Å². The highest BCUT2D eigenvalue weighted by molar-refractivity contribution is 5.78. The van der Waals surface area contributed by atoms with Crippen LogP contribution in [0.15, 0.2) is 24.3 Å². The van der Waals surface area contributed by atoms with Crippen molar-refractivity contribution in [2.45, 2.75) is 26.8 Å². The van der Waals surface area contributed by atoms with Crippen molar-refractivity contribution in [2.75, 3.05) is 20.3 Å². The molecule has 1 rings (SSSR count). The summed E-state index contributed by atoms with van der Waals surface area (Å²) in [5.74, 6) is -0.183. The second-order valence-electron chi connectivity index (χ2n) is 5.44. The van der Waals surface area contributed by atoms with Crippen molar-refractivity contribution in [1.29, 1.82) is 0 Å². The first-order valence-corrected chi connectivity index (χ1v) is 7.14. The minimum atomic E-state index is -0.570. The Morgan fingerprint density at radius 2 is 1.77 bits per heavy atom. The topological polar surface area (TPSA) is 76.1 Å². The standard InChI is InChI=1S/C16H23NO5/c1-11(2)10-22-16(20)17(9-15(19)21-4)12(3)13-5-7-14(18)8-6-13/h5-8,11-12,18H,9-10H2,1-4H3/t12-/m1/s1. The highest BCUT2D eigenvalue weighted by Gasteiger charge is 2.26. The molecule has 0 spiro atoms. The smallest absolute Gasteiger partial charge is 0.410 e. The van der Waals surface area contributed by atoms with Gasteiger partial charge in [0.1, 0.15) is 12.3 Å². The van der Waals surface area contributed by atoms with E-state index >= 15 is 0 Å². The number of aromatic hydroxyl groups is 1. The van der Waals surface area contributed by atoms with Gasteiger partial charge >= 0.3 is 12.1 Å². The van der Waals surface area contributed by atoms with Gasteiger partial charge in [0.15, 0.2) is 0 Å². The van der Waals surface area contributed by atoms with E-state index < -0.39 is 12.1 Å². The molecule has 1 aromatic carbocycles. The number of hydrogen-bond donors (Lipinski definition) is 1. The van der Waals surface area contributed by atoms with Gasteiger partial charge in [-0.25, -0.2) is 4.79 Å². The second kappa shape index (κ2) is 8.26. The normalized spacial score (nSPS) is 11.9. The largest absolute Gasteiger partial charge is 0.508 e. The van der Waals surface area contributed by atoms with E-state index in [2.05, 4.69) is 4.74 Å². The number of phenols is 1. The van der Waals surface area contributed by atoms with Crippen LogP contribution in [0.4, 0.5) is 4.79 Å². The maximum Gasteiger partial charge on any atom is 0.410 e. The Kier molecular flexibility index (Phi) is 6.69. The maximum absolute atomic E-state index is 12.2. The molecule has 6 nitrogen and oxygen atoms in total. The van der Waals surface area contributed by atoms with Crippen LogP contribution < -0.4 is 0 Å². The van der Waals surface area contributed by atoms with Gasteiger partial charge in [0, 0.05) is 0 Å². The molecule has 1 atom stereocenters. The molecule has 0 aliphatic rings. The lowest BCUT2D eigenvalue weighted by molar-refractivity contribution is -0.142. The molecule has 0 aliphatic heterocycles. The van der Waals surface area contributed by atoms with Crippen LogP contribution in [0.2, 0.25) is 0 Å². The molecule has 1 amide bonds. The van der Waals surface area contributed by atoms with Gasteiger partial charge < -0.3 is 14.6 Å². The van der Waals surface area contributed by atoms with E-state index in [0.29, 0.717) is 0 Å². The lowest BCUT2D eigenvalue weighted by atomic mass is 10.1. The summed E-state index contributed by atoms with van der Waals surface area (Å²) in [4.78, 5) is 25.1. The summed E-state index contributed by atoms with van der Waals surface area (Å²) < 4.78 is 9.84. The number of esters is 1. The van der Waals surface area contributed by atoms with E-state index in [1.165, 1.54) is 24.1 Å². The molecule has 6 heteroatoms. The number of rotatable bonds is 6. The quantitative estimate of drug-likeness (QED) is 0.818. The zero-order chi connectivity index (χ0) is 16.7. The molecule has 0 unspecified atom stereocenters. The van der Waals surface area contributed by atoms with Crippen molar-refractivity contribution in [1.82, 2.24) is 4.90 Å². The number of hydrogen-bond acceptors (Lipinski definition) is 5. The average Bonchev–Trinajstić information content (AvgIpc) is 2.50. The van der Waals surface area contributed by atoms with E-state index in [1.807, 2.05) is 13.8 Å². The van der Waals surface area contributed by atoms with Gasteiger partial charge in [-0.2, -0.15) is 0 Å². The molecule has 0 aromatic heterocycles. The predicted octanol–water partition coefficient (Wildman–Crippen LogP) is 2.72. The second-order valence-corrected chi connectivity index (χ2v) is 5.44. The van der Waals surface area contributed by atoms with E-state index in [0.717, 1.165) is 5.56 Å². The van der Waals surface area contributed by atoms with E-state index in [1.54, 1.807) is 19.1 Å². The molecule has 0 aliphatic carbocycles. The molecule has 1 N–H and O–H groups in total. The molecule has 0 radical (unpaired) electrons. The third-order valence-corrected chi connectivity index (χ3v) is 3.14. The summed E-state index contributed by atoms with van der Waals surface area (Å²) in [5, 5.41) is 9.34. The number of benzene rings is 1. The summed E-state index contributed by atoms with van der Waals surface area (Å²) in [6.45, 7) is 5.73. The fourth-order valence-corrected chi connectivity index (χ4v) is 1.82. The van der Waals surface area contributed by atoms with E-state index in [-0.39, 0.29) is 30.9 Å². The fraction of sp³-hybridized carbons (Fsp3) is 0.500. The molecule has 0 bridgehead atoms. The maximum atomic E-state index is 12.2. The molecule has 0 saturated heterocycles. The van der Waals surface area contributed by atoms with Crippen LogP contribution in [-0.2, 0) is 14.3 Å². The Hall–Kier alpha value is -2.24. The van der Waals surface area contributed by atoms with Crippen LogP contribution in [0.1, 0.15) is 32.4 Å². The van der Waals surface area contributed by atoms with Gasteiger partial charge in [-0.05, 0) is 30.5 Å². The van der Waals surface area contributed by atoms with E-state index in [4.69, 9.17) is 4.74 Å². The minimum Gasteiger partial charge on any atom is -0.508 e. The van der Waals surface area contributed by atoms with E-state index in [9.17, 15) is 14.7 Å². The fourth-order valence-electron chi connectivity index (χ4n) is 1.82. The Balaban J connectivity index is 2.90. The molecule has 1 aromatic rings. The van der Waals surface area contributed by atoms with Gasteiger partial charge in [0.2, 0.25) is 0 Å². The third-order valence-electron chi connectivity index (χ3n) is 3.14. The first kappa shape index (κ1) is 17.8. The molecule has 0 fully saturated rings. The van der Waals surface area contributed by atoms with Crippen molar-refractivity contribution < 1.29 is 24.2 Å². The number of amides is 1. The van der Waals surface area contributed by atoms with Crippen LogP contribution >= 0.6 is 0 Å². The summed E-state index contributed by atoms with van der Waals surface area (Å²) in [7, 11) is 1.27. The number of phenolic OH excluding ortho intramolecular Hbond substituents is 1. The van der Waals surface area contributed by atoms with Crippen LogP contribution in [0.3, 0.4) is 0 Å².